The van der Waals surface area contributed by atoms with Crippen LogP contribution >= 0.6 is 35.6 Å². The van der Waals surface area contributed by atoms with Gasteiger partial charge in [0, 0.05) is 25.8 Å². The summed E-state index contributed by atoms with van der Waals surface area (Å²) < 4.78 is 0. The third-order valence-corrected chi connectivity index (χ3v) is 5.09. The maximum Gasteiger partial charge on any atom is 0.191 e. The van der Waals surface area contributed by atoms with Crippen molar-refractivity contribution in [3.63, 3.8) is 0 Å². The Morgan fingerprint density at radius 1 is 1.26 bits per heavy atom. The Balaban J connectivity index is 0.00000364. The Hall–Kier alpha value is -0.600. The van der Waals surface area contributed by atoms with Crippen LogP contribution in [-0.2, 0) is 6.42 Å². The molecule has 1 fully saturated rings. The average Bonchev–Trinajstić information content (AvgIpc) is 2.64. The van der Waals surface area contributed by atoms with Gasteiger partial charge in [-0.05, 0) is 76.2 Å². The van der Waals surface area contributed by atoms with E-state index in [9.17, 15) is 0 Å². The molecule has 0 bridgehead atoms. The summed E-state index contributed by atoms with van der Waals surface area (Å²) in [4.78, 5) is 11.4. The van der Waals surface area contributed by atoms with Crippen LogP contribution < -0.4 is 10.6 Å². The summed E-state index contributed by atoms with van der Waals surface area (Å²) in [6.45, 7) is 10.8. The number of unbranched alkanes of at least 4 members (excludes halogenated alkanes) is 1. The van der Waals surface area contributed by atoms with Crippen molar-refractivity contribution in [2.75, 3.05) is 39.3 Å². The minimum absolute atomic E-state index is 0. The molecule has 1 aliphatic rings. The second-order valence-corrected chi connectivity index (χ2v) is 7.55. The molecule has 7 heteroatoms. The lowest BCUT2D eigenvalue weighted by Crippen LogP contribution is -2.38. The second kappa shape index (κ2) is 14.4. The summed E-state index contributed by atoms with van der Waals surface area (Å²) in [5, 5.41) is 7.25. The zero-order valence-corrected chi connectivity index (χ0v) is 19.8. The number of guanidine groups is 1. The normalized spacial score (nSPS) is 16.0. The van der Waals surface area contributed by atoms with E-state index in [0.717, 1.165) is 44.4 Å². The topological polar surface area (TPSA) is 52.6 Å². The molecule has 27 heavy (non-hydrogen) atoms. The summed E-state index contributed by atoms with van der Waals surface area (Å²) in [6, 6.07) is 3.85. The van der Waals surface area contributed by atoms with Crippen LogP contribution in [0.5, 0.6) is 0 Å². The molecule has 1 aromatic rings. The number of hydrogen-bond donors (Lipinski definition) is 2. The van der Waals surface area contributed by atoms with E-state index in [0.29, 0.717) is 5.15 Å². The molecule has 154 valence electrons. The zero-order valence-electron chi connectivity index (χ0n) is 16.7. The van der Waals surface area contributed by atoms with Gasteiger partial charge in [-0.3, -0.25) is 4.99 Å². The van der Waals surface area contributed by atoms with Crippen LogP contribution in [0.2, 0.25) is 5.15 Å². The van der Waals surface area contributed by atoms with Crippen molar-refractivity contribution in [2.24, 2.45) is 10.9 Å². The number of rotatable bonds is 9. The molecule has 0 atom stereocenters. The van der Waals surface area contributed by atoms with E-state index in [4.69, 9.17) is 16.6 Å². The molecule has 0 spiro atoms. The maximum absolute atomic E-state index is 5.82. The first-order valence-corrected chi connectivity index (χ1v) is 10.4. The number of halogens is 2. The predicted molar refractivity (Wildman–Crippen MR) is 126 cm³/mol. The fourth-order valence-electron chi connectivity index (χ4n) is 3.15. The van der Waals surface area contributed by atoms with E-state index in [1.807, 2.05) is 18.3 Å². The number of hydrogen-bond acceptors (Lipinski definition) is 3. The molecular formula is C20H35ClIN5. The number of aliphatic imine (C=N–C) groups is 1. The van der Waals surface area contributed by atoms with Gasteiger partial charge in [0.15, 0.2) is 5.96 Å². The summed E-state index contributed by atoms with van der Waals surface area (Å²) >= 11 is 5.82. The van der Waals surface area contributed by atoms with Gasteiger partial charge in [0.2, 0.25) is 0 Å². The van der Waals surface area contributed by atoms with Crippen molar-refractivity contribution in [2.45, 2.75) is 46.0 Å². The van der Waals surface area contributed by atoms with Crippen molar-refractivity contribution < 1.29 is 0 Å². The molecule has 2 heterocycles. The van der Waals surface area contributed by atoms with Gasteiger partial charge in [-0.2, -0.15) is 0 Å². The Morgan fingerprint density at radius 2 is 2.04 bits per heavy atom. The Kier molecular flexibility index (Phi) is 13.0. The molecule has 0 amide bonds. The van der Waals surface area contributed by atoms with Crippen LogP contribution in [0.3, 0.4) is 0 Å². The summed E-state index contributed by atoms with van der Waals surface area (Å²) in [7, 11) is 0. The van der Waals surface area contributed by atoms with E-state index in [2.05, 4.69) is 34.4 Å². The third-order valence-electron chi connectivity index (χ3n) is 4.87. The monoisotopic (exact) mass is 507 g/mol. The lowest BCUT2D eigenvalue weighted by Gasteiger charge is -2.30. The molecule has 2 N–H and O–H groups in total. The summed E-state index contributed by atoms with van der Waals surface area (Å²) in [5.41, 5.74) is 1.17. The van der Waals surface area contributed by atoms with Gasteiger partial charge < -0.3 is 15.5 Å². The average molecular weight is 508 g/mol. The quantitative estimate of drug-likeness (QED) is 0.175. The molecule has 5 nitrogen and oxygen atoms in total. The van der Waals surface area contributed by atoms with Crippen LogP contribution in [0.4, 0.5) is 0 Å². The van der Waals surface area contributed by atoms with Crippen molar-refractivity contribution in [3.05, 3.63) is 29.0 Å². The first-order valence-electron chi connectivity index (χ1n) is 10.0. The predicted octanol–water partition coefficient (Wildman–Crippen LogP) is 3.96. The first-order chi connectivity index (χ1) is 12.7. The summed E-state index contributed by atoms with van der Waals surface area (Å²) in [5.74, 6) is 1.81. The van der Waals surface area contributed by atoms with Gasteiger partial charge in [0.25, 0.3) is 0 Å². The van der Waals surface area contributed by atoms with Crippen LogP contribution in [-0.4, -0.2) is 55.1 Å². The highest BCUT2D eigenvalue weighted by Crippen LogP contribution is 2.16. The van der Waals surface area contributed by atoms with Gasteiger partial charge in [0.1, 0.15) is 5.15 Å². The number of likely N-dealkylation sites (tertiary alicyclic amines) is 1. The molecule has 1 aromatic heterocycles. The van der Waals surface area contributed by atoms with Gasteiger partial charge in [-0.15, -0.1) is 24.0 Å². The van der Waals surface area contributed by atoms with Crippen LogP contribution in [0, 0.1) is 5.92 Å². The number of nitrogens with zero attached hydrogens (tertiary/aromatic N) is 3. The minimum Gasteiger partial charge on any atom is -0.357 e. The summed E-state index contributed by atoms with van der Waals surface area (Å²) in [6.07, 6.45) is 7.82. The fourth-order valence-corrected chi connectivity index (χ4v) is 3.26. The number of nitrogens with one attached hydrogen (secondary N) is 2. The maximum atomic E-state index is 5.82. The Bertz CT molecular complexity index is 530. The Morgan fingerprint density at radius 3 is 2.70 bits per heavy atom. The van der Waals surface area contributed by atoms with Crippen molar-refractivity contribution in [1.82, 2.24) is 20.5 Å². The zero-order chi connectivity index (χ0) is 18.6. The fraction of sp³-hybridized carbons (Fsp3) is 0.700. The van der Waals surface area contributed by atoms with Crippen LogP contribution in [0.1, 0.15) is 45.1 Å². The highest BCUT2D eigenvalue weighted by molar-refractivity contribution is 14.0. The van der Waals surface area contributed by atoms with Gasteiger partial charge in [0.05, 0.1) is 0 Å². The molecule has 0 unspecified atom stereocenters. The largest absolute Gasteiger partial charge is 0.357 e. The highest BCUT2D eigenvalue weighted by Gasteiger charge is 2.14. The van der Waals surface area contributed by atoms with E-state index in [-0.39, 0.29) is 24.0 Å². The lowest BCUT2D eigenvalue weighted by atomic mass is 9.99. The standard InChI is InChI=1S/C20H34ClN5.HI/c1-3-22-20(24-12-8-18-6-7-19(21)25-16-18)23-11-4-5-13-26-14-9-17(2)10-15-26;/h6-7,16-17H,3-5,8-15H2,1-2H3,(H2,22,23,24);1H. The van der Waals surface area contributed by atoms with Gasteiger partial charge in [-0.1, -0.05) is 24.6 Å². The molecular weight excluding hydrogens is 473 g/mol. The molecule has 0 saturated carbocycles. The van der Waals surface area contributed by atoms with Crippen LogP contribution in [0.25, 0.3) is 0 Å². The van der Waals surface area contributed by atoms with Gasteiger partial charge in [-0.25, -0.2) is 4.98 Å². The third kappa shape index (κ3) is 10.5. The number of aromatic nitrogens is 1. The van der Waals surface area contributed by atoms with Crippen LogP contribution in [0.15, 0.2) is 23.3 Å². The number of pyridine rings is 1. The van der Waals surface area contributed by atoms with Crippen molar-refractivity contribution in [3.8, 4) is 0 Å². The SMILES string of the molecule is CCNC(=NCCCCN1CCC(C)CC1)NCCc1ccc(Cl)nc1.I. The smallest absolute Gasteiger partial charge is 0.191 e. The van der Waals surface area contributed by atoms with E-state index < -0.39 is 0 Å². The molecule has 2 rings (SSSR count). The highest BCUT2D eigenvalue weighted by atomic mass is 127. The van der Waals surface area contributed by atoms with E-state index in [1.54, 1.807) is 0 Å². The molecule has 1 saturated heterocycles. The minimum atomic E-state index is 0. The molecule has 0 aliphatic carbocycles. The second-order valence-electron chi connectivity index (χ2n) is 7.16. The van der Waals surface area contributed by atoms with Crippen molar-refractivity contribution in [1.29, 1.82) is 0 Å². The molecule has 1 aliphatic heterocycles. The van der Waals surface area contributed by atoms with Gasteiger partial charge >= 0.3 is 0 Å². The molecule has 0 radical (unpaired) electrons. The molecule has 0 aromatic carbocycles. The lowest BCUT2D eigenvalue weighted by molar-refractivity contribution is 0.190. The first kappa shape index (κ1) is 24.4. The number of piperidine rings is 1. The van der Waals surface area contributed by atoms with Crippen molar-refractivity contribution >= 4 is 41.5 Å². The van der Waals surface area contributed by atoms with E-state index >= 15 is 0 Å². The van der Waals surface area contributed by atoms with E-state index in [1.165, 1.54) is 44.5 Å². The Labute approximate surface area is 186 Å².